The van der Waals surface area contributed by atoms with E-state index in [1.807, 2.05) is 60.7 Å². The van der Waals surface area contributed by atoms with E-state index >= 15 is 0 Å². The van der Waals surface area contributed by atoms with E-state index in [0.717, 1.165) is 49.5 Å². The SMILES string of the molecule is CNC(C)C(=O)NC(C(=O)N1CCC2C1C(C(=O)NC(c1ccccc1)c1ccccc1)CN2S(C)(=O)=O)C1CCCCC1. The number of likely N-dealkylation sites (N-methyl/N-ethyl adjacent to an activating group) is 1. The molecule has 2 aliphatic heterocycles. The standard InChI is InChI=1S/C33H45N5O5S/c1-22(34-2)31(39)36-29(25-17-11-6-12-18-25)33(41)37-20-19-27-30(37)26(21-38(27)44(3,42)43)32(40)35-28(23-13-7-4-8-14-23)24-15-9-5-10-16-24/h4-5,7-10,13-16,22,25-30,34H,6,11-12,17-21H2,1-3H3,(H,35,40)(H,36,39). The number of carbonyl (C=O) groups excluding carboxylic acids is 3. The first kappa shape index (κ1) is 32.1. The number of hydrogen-bond acceptors (Lipinski definition) is 6. The molecule has 3 fully saturated rings. The number of hydrogen-bond donors (Lipinski definition) is 3. The van der Waals surface area contributed by atoms with Crippen LogP contribution >= 0.6 is 0 Å². The lowest BCUT2D eigenvalue weighted by Crippen LogP contribution is -2.58. The van der Waals surface area contributed by atoms with E-state index < -0.39 is 46.2 Å². The molecule has 238 valence electrons. The molecule has 11 heteroatoms. The van der Waals surface area contributed by atoms with Gasteiger partial charge in [0, 0.05) is 19.1 Å². The lowest BCUT2D eigenvalue weighted by molar-refractivity contribution is -0.141. The fourth-order valence-electron chi connectivity index (χ4n) is 7.25. The van der Waals surface area contributed by atoms with Crippen molar-refractivity contribution in [3.8, 4) is 0 Å². The molecule has 3 aliphatic rings. The Hall–Kier alpha value is -3.28. The number of carbonyl (C=O) groups is 3. The predicted octanol–water partition coefficient (Wildman–Crippen LogP) is 2.43. The number of nitrogens with zero attached hydrogens (tertiary/aromatic N) is 2. The molecule has 0 aromatic heterocycles. The number of likely N-dealkylation sites (tertiary alicyclic amines) is 1. The van der Waals surface area contributed by atoms with Crippen LogP contribution < -0.4 is 16.0 Å². The number of rotatable bonds is 10. The quantitative estimate of drug-likeness (QED) is 0.373. The summed E-state index contributed by atoms with van der Waals surface area (Å²) in [6, 6.07) is 16.5. The summed E-state index contributed by atoms with van der Waals surface area (Å²) in [6.45, 7) is 2.07. The van der Waals surface area contributed by atoms with Crippen LogP contribution in [0, 0.1) is 11.8 Å². The molecule has 5 atom stereocenters. The molecule has 0 bridgehead atoms. The summed E-state index contributed by atoms with van der Waals surface area (Å²) in [5.41, 5.74) is 1.80. The van der Waals surface area contributed by atoms with Crippen molar-refractivity contribution in [2.75, 3.05) is 26.4 Å². The molecule has 5 rings (SSSR count). The number of benzene rings is 2. The molecule has 5 unspecified atom stereocenters. The fraction of sp³-hybridized carbons (Fsp3) is 0.545. The van der Waals surface area contributed by atoms with Crippen LogP contribution in [0.3, 0.4) is 0 Å². The summed E-state index contributed by atoms with van der Waals surface area (Å²) in [7, 11) is -1.94. The monoisotopic (exact) mass is 623 g/mol. The molecule has 10 nitrogen and oxygen atoms in total. The van der Waals surface area contributed by atoms with Gasteiger partial charge in [0.1, 0.15) is 6.04 Å². The molecular weight excluding hydrogens is 578 g/mol. The Labute approximate surface area is 261 Å². The van der Waals surface area contributed by atoms with Crippen LogP contribution in [0.1, 0.15) is 62.6 Å². The van der Waals surface area contributed by atoms with Crippen molar-refractivity contribution in [3.63, 3.8) is 0 Å². The maximum Gasteiger partial charge on any atom is 0.245 e. The minimum absolute atomic E-state index is 0.00266. The maximum absolute atomic E-state index is 14.4. The fourth-order valence-corrected chi connectivity index (χ4v) is 8.40. The number of nitrogens with one attached hydrogen (secondary N) is 3. The zero-order valence-corrected chi connectivity index (χ0v) is 26.6. The average Bonchev–Trinajstić information content (AvgIpc) is 3.64. The van der Waals surface area contributed by atoms with E-state index in [-0.39, 0.29) is 30.2 Å². The van der Waals surface area contributed by atoms with Gasteiger partial charge < -0.3 is 20.9 Å². The van der Waals surface area contributed by atoms with Crippen LogP contribution in [0.25, 0.3) is 0 Å². The van der Waals surface area contributed by atoms with Gasteiger partial charge in [-0.15, -0.1) is 0 Å². The third-order valence-electron chi connectivity index (χ3n) is 9.69. The first-order valence-electron chi connectivity index (χ1n) is 15.8. The highest BCUT2D eigenvalue weighted by Crippen LogP contribution is 2.39. The third-order valence-corrected chi connectivity index (χ3v) is 11.0. The molecule has 2 saturated heterocycles. The summed E-state index contributed by atoms with van der Waals surface area (Å²) >= 11 is 0. The minimum atomic E-state index is -3.64. The molecule has 44 heavy (non-hydrogen) atoms. The highest BCUT2D eigenvalue weighted by molar-refractivity contribution is 7.88. The van der Waals surface area contributed by atoms with Crippen molar-refractivity contribution in [3.05, 3.63) is 71.8 Å². The molecule has 0 radical (unpaired) electrons. The van der Waals surface area contributed by atoms with Gasteiger partial charge in [-0.2, -0.15) is 4.31 Å². The molecule has 1 aliphatic carbocycles. The van der Waals surface area contributed by atoms with Gasteiger partial charge in [-0.25, -0.2) is 8.42 Å². The molecule has 2 aromatic carbocycles. The normalized spacial score (nSPS) is 24.1. The number of sulfonamides is 1. The van der Waals surface area contributed by atoms with Crippen LogP contribution in [0.15, 0.2) is 60.7 Å². The Bertz CT molecular complexity index is 1380. The van der Waals surface area contributed by atoms with Crippen molar-refractivity contribution in [1.29, 1.82) is 0 Å². The second kappa shape index (κ2) is 13.8. The minimum Gasteiger partial charge on any atom is -0.345 e. The first-order valence-corrected chi connectivity index (χ1v) is 17.6. The van der Waals surface area contributed by atoms with E-state index in [1.54, 1.807) is 18.9 Å². The Morgan fingerprint density at radius 2 is 1.45 bits per heavy atom. The lowest BCUT2D eigenvalue weighted by Gasteiger charge is -2.36. The van der Waals surface area contributed by atoms with Gasteiger partial charge in [-0.1, -0.05) is 79.9 Å². The Morgan fingerprint density at radius 3 is 2.00 bits per heavy atom. The van der Waals surface area contributed by atoms with E-state index in [2.05, 4.69) is 16.0 Å². The Balaban J connectivity index is 1.46. The number of fused-ring (bicyclic) bond motifs is 1. The maximum atomic E-state index is 14.4. The lowest BCUT2D eigenvalue weighted by atomic mass is 9.83. The van der Waals surface area contributed by atoms with Gasteiger partial charge in [0.05, 0.1) is 30.3 Å². The molecule has 2 heterocycles. The summed E-state index contributed by atoms with van der Waals surface area (Å²) in [5.74, 6) is -1.56. The van der Waals surface area contributed by atoms with Gasteiger partial charge in [0.15, 0.2) is 0 Å². The van der Waals surface area contributed by atoms with Crippen LogP contribution in [0.5, 0.6) is 0 Å². The van der Waals surface area contributed by atoms with Gasteiger partial charge in [-0.3, -0.25) is 14.4 Å². The van der Waals surface area contributed by atoms with Crippen molar-refractivity contribution < 1.29 is 22.8 Å². The van der Waals surface area contributed by atoms with Crippen molar-refractivity contribution in [2.24, 2.45) is 11.8 Å². The van der Waals surface area contributed by atoms with Crippen molar-refractivity contribution in [2.45, 2.75) is 75.7 Å². The van der Waals surface area contributed by atoms with Crippen LogP contribution in [-0.4, -0.2) is 85.9 Å². The molecule has 0 spiro atoms. The van der Waals surface area contributed by atoms with Gasteiger partial charge >= 0.3 is 0 Å². The van der Waals surface area contributed by atoms with Crippen LogP contribution in [-0.2, 0) is 24.4 Å². The molecule has 3 amide bonds. The highest BCUT2D eigenvalue weighted by atomic mass is 32.2. The van der Waals surface area contributed by atoms with E-state index in [4.69, 9.17) is 0 Å². The Morgan fingerprint density at radius 1 is 0.864 bits per heavy atom. The zero-order chi connectivity index (χ0) is 31.4. The molecular formula is C33H45N5O5S. The molecule has 2 aromatic rings. The van der Waals surface area contributed by atoms with Crippen LogP contribution in [0.2, 0.25) is 0 Å². The second-order valence-electron chi connectivity index (χ2n) is 12.5. The largest absolute Gasteiger partial charge is 0.345 e. The Kier molecular flexibility index (Phi) is 10.1. The molecule has 1 saturated carbocycles. The first-order chi connectivity index (χ1) is 21.1. The van der Waals surface area contributed by atoms with Gasteiger partial charge in [-0.05, 0) is 50.3 Å². The van der Waals surface area contributed by atoms with Gasteiger partial charge in [0.25, 0.3) is 0 Å². The average molecular weight is 624 g/mol. The predicted molar refractivity (Wildman–Crippen MR) is 169 cm³/mol. The van der Waals surface area contributed by atoms with E-state index in [1.165, 1.54) is 4.31 Å². The number of amides is 3. The highest BCUT2D eigenvalue weighted by Gasteiger charge is 2.56. The van der Waals surface area contributed by atoms with E-state index in [0.29, 0.717) is 13.0 Å². The van der Waals surface area contributed by atoms with Crippen LogP contribution in [0.4, 0.5) is 0 Å². The van der Waals surface area contributed by atoms with Crippen molar-refractivity contribution >= 4 is 27.7 Å². The van der Waals surface area contributed by atoms with Crippen molar-refractivity contribution in [1.82, 2.24) is 25.2 Å². The van der Waals surface area contributed by atoms with E-state index in [9.17, 15) is 22.8 Å². The molecule has 3 N–H and O–H groups in total. The summed E-state index contributed by atoms with van der Waals surface area (Å²) in [5, 5.41) is 9.18. The third kappa shape index (κ3) is 6.84. The second-order valence-corrected chi connectivity index (χ2v) is 14.4. The summed E-state index contributed by atoms with van der Waals surface area (Å²) < 4.78 is 27.3. The summed E-state index contributed by atoms with van der Waals surface area (Å²) in [4.78, 5) is 43.4. The topological polar surface area (TPSA) is 128 Å². The summed E-state index contributed by atoms with van der Waals surface area (Å²) in [6.07, 6.45) is 6.35. The zero-order valence-electron chi connectivity index (χ0n) is 25.8. The van der Waals surface area contributed by atoms with Gasteiger partial charge in [0.2, 0.25) is 27.7 Å². The smallest absolute Gasteiger partial charge is 0.245 e.